The first-order valence-corrected chi connectivity index (χ1v) is 9.67. The van der Waals surface area contributed by atoms with Crippen molar-refractivity contribution in [2.45, 2.75) is 13.1 Å². The molecule has 0 aliphatic heterocycles. The number of benzene rings is 1. The number of carbonyl (C=O) groups excluding carboxylic acids is 1. The molecule has 3 rings (SSSR count). The van der Waals surface area contributed by atoms with Crippen molar-refractivity contribution in [2.24, 2.45) is 0 Å². The SMILES string of the molecule is N#Cc1ccc(NC(=O)C[NH+](Cc2cccs2)Cc2cccs2)cc1. The van der Waals surface area contributed by atoms with Gasteiger partial charge in [0.05, 0.1) is 21.4 Å². The predicted octanol–water partition coefficient (Wildman–Crippen LogP) is 2.91. The molecule has 25 heavy (non-hydrogen) atoms. The van der Waals surface area contributed by atoms with E-state index in [1.165, 1.54) is 14.7 Å². The molecule has 126 valence electrons. The highest BCUT2D eigenvalue weighted by Crippen LogP contribution is 2.10. The minimum absolute atomic E-state index is 0.0205. The summed E-state index contributed by atoms with van der Waals surface area (Å²) in [4.78, 5) is 16.2. The van der Waals surface area contributed by atoms with Crippen molar-refractivity contribution in [1.29, 1.82) is 5.26 Å². The lowest BCUT2D eigenvalue weighted by Gasteiger charge is -2.18. The largest absolute Gasteiger partial charge is 0.321 e. The molecule has 0 bridgehead atoms. The van der Waals surface area contributed by atoms with Gasteiger partial charge in [0.15, 0.2) is 6.54 Å². The monoisotopic (exact) mass is 368 g/mol. The first-order valence-electron chi connectivity index (χ1n) is 7.91. The van der Waals surface area contributed by atoms with Crippen LogP contribution in [0.3, 0.4) is 0 Å². The van der Waals surface area contributed by atoms with E-state index >= 15 is 0 Å². The number of nitrogens with one attached hydrogen (secondary N) is 2. The highest BCUT2D eigenvalue weighted by molar-refractivity contribution is 7.10. The lowest BCUT2D eigenvalue weighted by Crippen LogP contribution is -3.10. The fraction of sp³-hybridized carbons (Fsp3) is 0.158. The number of nitriles is 1. The van der Waals surface area contributed by atoms with Gasteiger partial charge in [0.2, 0.25) is 0 Å². The Labute approximate surface area is 155 Å². The number of thiophene rings is 2. The number of quaternary nitrogens is 1. The van der Waals surface area contributed by atoms with Crippen LogP contribution in [0.1, 0.15) is 15.3 Å². The van der Waals surface area contributed by atoms with E-state index in [4.69, 9.17) is 5.26 Å². The molecule has 0 aliphatic carbocycles. The summed E-state index contributed by atoms with van der Waals surface area (Å²) in [5.74, 6) is -0.0205. The Balaban J connectivity index is 1.63. The number of amides is 1. The number of hydrogen-bond acceptors (Lipinski definition) is 4. The second-order valence-electron chi connectivity index (χ2n) is 5.68. The Kier molecular flexibility index (Phi) is 5.96. The van der Waals surface area contributed by atoms with Gasteiger partial charge in [-0.2, -0.15) is 5.26 Å². The van der Waals surface area contributed by atoms with E-state index in [9.17, 15) is 4.79 Å². The second-order valence-corrected chi connectivity index (χ2v) is 7.74. The van der Waals surface area contributed by atoms with Crippen LogP contribution >= 0.6 is 22.7 Å². The van der Waals surface area contributed by atoms with Crippen LogP contribution in [0.2, 0.25) is 0 Å². The van der Waals surface area contributed by atoms with Gasteiger partial charge in [-0.25, -0.2) is 0 Å². The van der Waals surface area contributed by atoms with E-state index in [0.717, 1.165) is 18.8 Å². The lowest BCUT2D eigenvalue weighted by atomic mass is 10.2. The second kappa shape index (κ2) is 8.58. The van der Waals surface area contributed by atoms with Crippen LogP contribution in [-0.2, 0) is 17.9 Å². The zero-order valence-electron chi connectivity index (χ0n) is 13.6. The minimum Gasteiger partial charge on any atom is -0.321 e. The van der Waals surface area contributed by atoms with Crippen LogP contribution in [0.4, 0.5) is 5.69 Å². The smallest absolute Gasteiger partial charge is 0.279 e. The fourth-order valence-corrected chi connectivity index (χ4v) is 4.12. The molecule has 6 heteroatoms. The van der Waals surface area contributed by atoms with Gasteiger partial charge in [0.25, 0.3) is 5.91 Å². The van der Waals surface area contributed by atoms with Gasteiger partial charge < -0.3 is 10.2 Å². The molecule has 3 aromatic rings. The van der Waals surface area contributed by atoms with Gasteiger partial charge >= 0.3 is 0 Å². The number of carbonyl (C=O) groups is 1. The van der Waals surface area contributed by atoms with Gasteiger partial charge in [0.1, 0.15) is 13.1 Å². The van der Waals surface area contributed by atoms with Crippen LogP contribution in [0.15, 0.2) is 59.3 Å². The van der Waals surface area contributed by atoms with Crippen LogP contribution < -0.4 is 10.2 Å². The molecule has 0 unspecified atom stereocenters. The van der Waals surface area contributed by atoms with Crippen molar-refractivity contribution >= 4 is 34.3 Å². The molecule has 0 spiro atoms. The topological polar surface area (TPSA) is 57.3 Å². The molecule has 2 aromatic heterocycles. The maximum Gasteiger partial charge on any atom is 0.279 e. The molecule has 0 atom stereocenters. The van der Waals surface area contributed by atoms with Crippen molar-refractivity contribution in [1.82, 2.24) is 0 Å². The molecule has 0 aliphatic rings. The fourth-order valence-electron chi connectivity index (χ4n) is 2.57. The standard InChI is InChI=1S/C19H17N3OS2/c20-11-15-5-7-16(8-6-15)21-19(23)14-22(12-17-3-1-9-24-17)13-18-4-2-10-25-18/h1-10H,12-14H2,(H,21,23)/p+1. The third-order valence-electron chi connectivity index (χ3n) is 3.72. The van der Waals surface area contributed by atoms with Crippen molar-refractivity contribution in [3.05, 3.63) is 74.6 Å². The third-order valence-corrected chi connectivity index (χ3v) is 5.47. The zero-order valence-corrected chi connectivity index (χ0v) is 15.2. The molecule has 2 N–H and O–H groups in total. The van der Waals surface area contributed by atoms with Crippen LogP contribution in [0, 0.1) is 11.3 Å². The quantitative estimate of drug-likeness (QED) is 0.674. The maximum absolute atomic E-state index is 12.4. The average Bonchev–Trinajstić information content (AvgIpc) is 3.29. The van der Waals surface area contributed by atoms with Crippen LogP contribution in [-0.4, -0.2) is 12.5 Å². The molecule has 1 aromatic carbocycles. The van der Waals surface area contributed by atoms with E-state index in [0.29, 0.717) is 12.1 Å². The third kappa shape index (κ3) is 5.26. The normalized spacial score (nSPS) is 10.6. The van der Waals surface area contributed by atoms with Gasteiger partial charge in [0, 0.05) is 5.69 Å². The van der Waals surface area contributed by atoms with Crippen LogP contribution in [0.5, 0.6) is 0 Å². The maximum atomic E-state index is 12.4. The van der Waals surface area contributed by atoms with E-state index in [-0.39, 0.29) is 5.91 Å². The molecular weight excluding hydrogens is 350 g/mol. The Morgan fingerprint density at radius 3 is 2.08 bits per heavy atom. The summed E-state index contributed by atoms with van der Waals surface area (Å²) < 4.78 is 0. The highest BCUT2D eigenvalue weighted by atomic mass is 32.1. The minimum atomic E-state index is -0.0205. The van der Waals surface area contributed by atoms with E-state index < -0.39 is 0 Å². The van der Waals surface area contributed by atoms with E-state index in [2.05, 4.69) is 34.3 Å². The number of anilines is 1. The van der Waals surface area contributed by atoms with E-state index in [1.54, 1.807) is 46.9 Å². The van der Waals surface area contributed by atoms with Gasteiger partial charge in [-0.05, 0) is 47.2 Å². The summed E-state index contributed by atoms with van der Waals surface area (Å²) >= 11 is 3.44. The molecule has 0 saturated heterocycles. The molecule has 2 heterocycles. The molecule has 0 saturated carbocycles. The van der Waals surface area contributed by atoms with Crippen molar-refractivity contribution in [3.63, 3.8) is 0 Å². The number of rotatable bonds is 7. The summed E-state index contributed by atoms with van der Waals surface area (Å²) in [6.45, 7) is 2.06. The average molecular weight is 369 g/mol. The highest BCUT2D eigenvalue weighted by Gasteiger charge is 2.17. The van der Waals surface area contributed by atoms with Crippen molar-refractivity contribution in [3.8, 4) is 6.07 Å². The molecular formula is C19H18N3OS2+. The van der Waals surface area contributed by atoms with E-state index in [1.807, 2.05) is 12.1 Å². The zero-order chi connectivity index (χ0) is 17.5. The summed E-state index contributed by atoms with van der Waals surface area (Å²) in [6, 6.07) is 17.3. The van der Waals surface area contributed by atoms with Crippen LogP contribution in [0.25, 0.3) is 0 Å². The molecule has 4 nitrogen and oxygen atoms in total. The predicted molar refractivity (Wildman–Crippen MR) is 102 cm³/mol. The summed E-state index contributed by atoms with van der Waals surface area (Å²) in [5.41, 5.74) is 1.30. The van der Waals surface area contributed by atoms with Crippen molar-refractivity contribution in [2.75, 3.05) is 11.9 Å². The molecule has 1 amide bonds. The van der Waals surface area contributed by atoms with Gasteiger partial charge in [-0.15, -0.1) is 22.7 Å². The number of hydrogen-bond donors (Lipinski definition) is 2. The Bertz CT molecular complexity index is 798. The molecule has 0 radical (unpaired) electrons. The first-order chi connectivity index (χ1) is 12.2. The number of nitrogens with zero attached hydrogens (tertiary/aromatic N) is 1. The summed E-state index contributed by atoms with van der Waals surface area (Å²) in [6.07, 6.45) is 0. The summed E-state index contributed by atoms with van der Waals surface area (Å²) in [5, 5.41) is 15.9. The Morgan fingerprint density at radius 2 is 1.60 bits per heavy atom. The Morgan fingerprint density at radius 1 is 1.00 bits per heavy atom. The lowest BCUT2D eigenvalue weighted by molar-refractivity contribution is -0.918. The summed E-state index contributed by atoms with van der Waals surface area (Å²) in [7, 11) is 0. The van der Waals surface area contributed by atoms with Gasteiger partial charge in [-0.1, -0.05) is 12.1 Å². The van der Waals surface area contributed by atoms with Crippen molar-refractivity contribution < 1.29 is 9.69 Å². The Hall–Kier alpha value is -2.46. The first kappa shape index (κ1) is 17.4. The molecule has 0 fully saturated rings. The van der Waals surface area contributed by atoms with Gasteiger partial charge in [-0.3, -0.25) is 4.79 Å².